The maximum atomic E-state index is 5.95. The Kier molecular flexibility index (Phi) is 3.92. The van der Waals surface area contributed by atoms with Gasteiger partial charge in [-0.25, -0.2) is 0 Å². The number of hydrogen-bond donors (Lipinski definition) is 1. The number of hydrogen-bond acceptors (Lipinski definition) is 2. The molecule has 1 aromatic carbocycles. The summed E-state index contributed by atoms with van der Waals surface area (Å²) >= 11 is 7.60. The van der Waals surface area contributed by atoms with Crippen molar-refractivity contribution in [1.82, 2.24) is 5.32 Å². The Hall–Kier alpha value is -0.830. The van der Waals surface area contributed by atoms with Gasteiger partial charge >= 0.3 is 0 Å². The van der Waals surface area contributed by atoms with Crippen LogP contribution in [0.1, 0.15) is 41.0 Å². The van der Waals surface area contributed by atoms with E-state index < -0.39 is 0 Å². The Bertz CT molecular complexity index is 576. The van der Waals surface area contributed by atoms with Crippen molar-refractivity contribution in [2.75, 3.05) is 0 Å². The molecule has 19 heavy (non-hydrogen) atoms. The molecule has 1 aliphatic carbocycles. The number of benzene rings is 1. The van der Waals surface area contributed by atoms with Gasteiger partial charge in [0, 0.05) is 17.5 Å². The van der Waals surface area contributed by atoms with E-state index in [1.54, 1.807) is 22.5 Å². The highest BCUT2D eigenvalue weighted by molar-refractivity contribution is 7.16. The normalized spacial score (nSPS) is 15.5. The number of fused-ring (bicyclic) bond motifs is 1. The van der Waals surface area contributed by atoms with Crippen LogP contribution in [-0.4, -0.2) is 0 Å². The maximum absolute atomic E-state index is 5.95. The summed E-state index contributed by atoms with van der Waals surface area (Å²) in [6.45, 7) is 3.11. The van der Waals surface area contributed by atoms with Crippen LogP contribution in [0.15, 0.2) is 30.3 Å². The standard InChI is InChI=1S/C16H18ClNS/c1-11(18-10-15-7-8-16(17)19-15)13-6-5-12-3-2-4-14(12)9-13/h5-9,11,18H,2-4,10H2,1H3. The van der Waals surface area contributed by atoms with Crippen LogP contribution in [-0.2, 0) is 19.4 Å². The van der Waals surface area contributed by atoms with Crippen molar-refractivity contribution in [3.63, 3.8) is 0 Å². The molecule has 0 amide bonds. The van der Waals surface area contributed by atoms with Gasteiger partial charge in [0.15, 0.2) is 0 Å². The van der Waals surface area contributed by atoms with Crippen LogP contribution in [0.25, 0.3) is 0 Å². The second-order valence-electron chi connectivity index (χ2n) is 5.19. The van der Waals surface area contributed by atoms with Gasteiger partial charge in [0.2, 0.25) is 0 Å². The number of thiophene rings is 1. The van der Waals surface area contributed by atoms with Gasteiger partial charge in [0.1, 0.15) is 0 Å². The number of nitrogens with one attached hydrogen (secondary N) is 1. The fourth-order valence-electron chi connectivity index (χ4n) is 2.68. The quantitative estimate of drug-likeness (QED) is 0.858. The molecule has 2 aromatic rings. The molecule has 0 spiro atoms. The highest BCUT2D eigenvalue weighted by atomic mass is 35.5. The lowest BCUT2D eigenvalue weighted by Crippen LogP contribution is -2.17. The van der Waals surface area contributed by atoms with Crippen LogP contribution in [0.3, 0.4) is 0 Å². The first kappa shape index (κ1) is 13.2. The first-order valence-corrected chi connectivity index (χ1v) is 8.01. The third-order valence-electron chi connectivity index (χ3n) is 3.83. The molecule has 0 aliphatic heterocycles. The summed E-state index contributed by atoms with van der Waals surface area (Å²) in [7, 11) is 0. The summed E-state index contributed by atoms with van der Waals surface area (Å²) < 4.78 is 0.863. The smallest absolute Gasteiger partial charge is 0.0931 e. The van der Waals surface area contributed by atoms with E-state index in [4.69, 9.17) is 11.6 Å². The van der Waals surface area contributed by atoms with Gasteiger partial charge < -0.3 is 5.32 Å². The third kappa shape index (κ3) is 3.02. The fraction of sp³-hybridized carbons (Fsp3) is 0.375. The topological polar surface area (TPSA) is 12.0 Å². The Morgan fingerprint density at radius 3 is 2.84 bits per heavy atom. The van der Waals surface area contributed by atoms with Gasteiger partial charge in [-0.05, 0) is 55.0 Å². The highest BCUT2D eigenvalue weighted by Gasteiger charge is 2.13. The minimum Gasteiger partial charge on any atom is -0.305 e. The number of halogens is 1. The average Bonchev–Trinajstić information content (AvgIpc) is 3.03. The first-order chi connectivity index (χ1) is 9.22. The van der Waals surface area contributed by atoms with Gasteiger partial charge in [-0.2, -0.15) is 0 Å². The second kappa shape index (κ2) is 5.66. The monoisotopic (exact) mass is 291 g/mol. The summed E-state index contributed by atoms with van der Waals surface area (Å²) in [5.74, 6) is 0. The molecule has 0 fully saturated rings. The van der Waals surface area contributed by atoms with Crippen LogP contribution < -0.4 is 5.32 Å². The van der Waals surface area contributed by atoms with Crippen LogP contribution in [0.5, 0.6) is 0 Å². The van der Waals surface area contributed by atoms with E-state index in [9.17, 15) is 0 Å². The van der Waals surface area contributed by atoms with Crippen molar-refractivity contribution in [3.05, 3.63) is 56.2 Å². The Labute approximate surface area is 123 Å². The Morgan fingerprint density at radius 2 is 2.05 bits per heavy atom. The molecule has 0 saturated carbocycles. The van der Waals surface area contributed by atoms with Crippen molar-refractivity contribution in [2.24, 2.45) is 0 Å². The fourth-order valence-corrected chi connectivity index (χ4v) is 3.72. The van der Waals surface area contributed by atoms with Crippen molar-refractivity contribution in [3.8, 4) is 0 Å². The number of rotatable bonds is 4. The van der Waals surface area contributed by atoms with Crippen LogP contribution in [0.4, 0.5) is 0 Å². The second-order valence-corrected chi connectivity index (χ2v) is 6.99. The lowest BCUT2D eigenvalue weighted by atomic mass is 10.0. The molecule has 1 aliphatic rings. The van der Waals surface area contributed by atoms with E-state index in [1.165, 1.54) is 29.7 Å². The SMILES string of the molecule is CC(NCc1ccc(Cl)s1)c1ccc2c(c1)CCC2. The van der Waals surface area contributed by atoms with Gasteiger partial charge in [-0.1, -0.05) is 29.8 Å². The summed E-state index contributed by atoms with van der Waals surface area (Å²) in [6, 6.07) is 11.4. The van der Waals surface area contributed by atoms with Crippen molar-refractivity contribution >= 4 is 22.9 Å². The maximum Gasteiger partial charge on any atom is 0.0931 e. The highest BCUT2D eigenvalue weighted by Crippen LogP contribution is 2.26. The van der Waals surface area contributed by atoms with Gasteiger partial charge in [-0.3, -0.25) is 0 Å². The number of aryl methyl sites for hydroxylation is 2. The minimum atomic E-state index is 0.381. The molecule has 3 rings (SSSR count). The Morgan fingerprint density at radius 1 is 1.21 bits per heavy atom. The van der Waals surface area contributed by atoms with E-state index in [-0.39, 0.29) is 0 Å². The third-order valence-corrected chi connectivity index (χ3v) is 5.07. The van der Waals surface area contributed by atoms with E-state index >= 15 is 0 Å². The summed E-state index contributed by atoms with van der Waals surface area (Å²) in [5.41, 5.74) is 4.48. The van der Waals surface area contributed by atoms with Crippen molar-refractivity contribution in [1.29, 1.82) is 0 Å². The molecule has 0 saturated heterocycles. The molecular formula is C16H18ClNS. The minimum absolute atomic E-state index is 0.381. The molecule has 0 bridgehead atoms. The zero-order valence-electron chi connectivity index (χ0n) is 11.1. The molecule has 0 radical (unpaired) electrons. The zero-order valence-corrected chi connectivity index (χ0v) is 12.7. The average molecular weight is 292 g/mol. The molecule has 100 valence electrons. The van der Waals surface area contributed by atoms with Gasteiger partial charge in [0.05, 0.1) is 4.34 Å². The zero-order chi connectivity index (χ0) is 13.2. The Balaban J connectivity index is 1.65. The van der Waals surface area contributed by atoms with E-state index in [1.807, 2.05) is 6.07 Å². The first-order valence-electron chi connectivity index (χ1n) is 6.81. The summed E-state index contributed by atoms with van der Waals surface area (Å²) in [6.07, 6.45) is 3.82. The van der Waals surface area contributed by atoms with Crippen LogP contribution in [0, 0.1) is 0 Å². The lowest BCUT2D eigenvalue weighted by Gasteiger charge is -2.15. The molecular weight excluding hydrogens is 274 g/mol. The van der Waals surface area contributed by atoms with Gasteiger partial charge in [0.25, 0.3) is 0 Å². The van der Waals surface area contributed by atoms with Crippen molar-refractivity contribution in [2.45, 2.75) is 38.8 Å². The van der Waals surface area contributed by atoms with Gasteiger partial charge in [-0.15, -0.1) is 11.3 Å². The predicted molar refractivity (Wildman–Crippen MR) is 83.1 cm³/mol. The van der Waals surface area contributed by atoms with Crippen LogP contribution >= 0.6 is 22.9 Å². The van der Waals surface area contributed by atoms with E-state index in [0.29, 0.717) is 6.04 Å². The molecule has 3 heteroatoms. The van der Waals surface area contributed by atoms with Crippen molar-refractivity contribution < 1.29 is 0 Å². The predicted octanol–water partition coefficient (Wildman–Crippen LogP) is 4.74. The largest absolute Gasteiger partial charge is 0.305 e. The summed E-state index contributed by atoms with van der Waals surface area (Å²) in [5, 5.41) is 3.57. The van der Waals surface area contributed by atoms with E-state index in [0.717, 1.165) is 10.9 Å². The molecule has 1 unspecified atom stereocenters. The molecule has 1 N–H and O–H groups in total. The lowest BCUT2D eigenvalue weighted by molar-refractivity contribution is 0.578. The molecule has 1 heterocycles. The summed E-state index contributed by atoms with van der Waals surface area (Å²) in [4.78, 5) is 1.29. The molecule has 1 atom stereocenters. The molecule has 1 aromatic heterocycles. The molecule has 1 nitrogen and oxygen atoms in total. The van der Waals surface area contributed by atoms with Crippen LogP contribution in [0.2, 0.25) is 4.34 Å². The van der Waals surface area contributed by atoms with E-state index in [2.05, 4.69) is 36.5 Å².